The minimum Gasteiger partial charge on any atom is -0.345 e. The molecule has 1 aliphatic carbocycles. The van der Waals surface area contributed by atoms with Gasteiger partial charge in [0.25, 0.3) is 0 Å². The van der Waals surface area contributed by atoms with Crippen molar-refractivity contribution >= 4 is 11.6 Å². The monoisotopic (exact) mass is 311 g/mol. The average molecular weight is 311 g/mol. The molecule has 0 unspecified atom stereocenters. The maximum atomic E-state index is 12.0. The first-order chi connectivity index (χ1) is 11.3. The zero-order valence-electron chi connectivity index (χ0n) is 13.6. The van der Waals surface area contributed by atoms with Gasteiger partial charge in [-0.15, -0.1) is 0 Å². The number of benzene rings is 1. The van der Waals surface area contributed by atoms with Crippen LogP contribution in [-0.2, 0) is 4.79 Å². The molecule has 0 bridgehead atoms. The van der Waals surface area contributed by atoms with Crippen LogP contribution in [0, 0.1) is 5.92 Å². The second-order valence-corrected chi connectivity index (χ2v) is 6.49. The number of H-pyrrole nitrogens is 1. The summed E-state index contributed by atoms with van der Waals surface area (Å²) < 4.78 is 0. The van der Waals surface area contributed by atoms with Gasteiger partial charge < -0.3 is 10.3 Å². The summed E-state index contributed by atoms with van der Waals surface area (Å²) in [7, 11) is 0. The number of rotatable bonds is 6. The van der Waals surface area contributed by atoms with Crippen molar-refractivity contribution in [2.45, 2.75) is 51.4 Å². The summed E-state index contributed by atoms with van der Waals surface area (Å²) in [6.07, 6.45) is 13.1. The Hall–Kier alpha value is -2.10. The smallest absolute Gasteiger partial charge is 0.224 e. The van der Waals surface area contributed by atoms with Crippen LogP contribution in [0.2, 0.25) is 0 Å². The lowest BCUT2D eigenvalue weighted by molar-refractivity contribution is -0.116. The number of hydrogen-bond acceptors (Lipinski definition) is 2. The molecule has 23 heavy (non-hydrogen) atoms. The standard InChI is InChI=1S/C19H25N3O/c23-19(8-4-7-15-5-2-1-3-6-15)22-17-11-9-16(10-12-17)18-13-20-14-21-18/h9-15H,1-8H2,(H,20,21)(H,22,23). The van der Waals surface area contributed by atoms with Gasteiger partial charge in [-0.25, -0.2) is 4.98 Å². The van der Waals surface area contributed by atoms with Gasteiger partial charge in [0.05, 0.1) is 18.2 Å². The summed E-state index contributed by atoms with van der Waals surface area (Å²) in [6, 6.07) is 7.86. The molecule has 0 saturated heterocycles. The lowest BCUT2D eigenvalue weighted by Crippen LogP contribution is -2.12. The van der Waals surface area contributed by atoms with Crippen LogP contribution < -0.4 is 5.32 Å². The normalized spacial score (nSPS) is 15.5. The summed E-state index contributed by atoms with van der Waals surface area (Å²) >= 11 is 0. The molecule has 4 heteroatoms. The molecule has 1 aliphatic rings. The largest absolute Gasteiger partial charge is 0.345 e. The number of aromatic nitrogens is 2. The first kappa shape index (κ1) is 15.8. The second kappa shape index (κ2) is 7.95. The molecule has 2 aromatic rings. The molecule has 0 aliphatic heterocycles. The maximum Gasteiger partial charge on any atom is 0.224 e. The maximum absolute atomic E-state index is 12.0. The molecule has 1 heterocycles. The van der Waals surface area contributed by atoms with E-state index in [-0.39, 0.29) is 5.91 Å². The third-order valence-electron chi connectivity index (χ3n) is 4.72. The fraction of sp³-hybridized carbons (Fsp3) is 0.474. The Morgan fingerprint density at radius 1 is 1.17 bits per heavy atom. The highest BCUT2D eigenvalue weighted by Crippen LogP contribution is 2.27. The number of nitrogens with zero attached hydrogens (tertiary/aromatic N) is 1. The van der Waals surface area contributed by atoms with Gasteiger partial charge in [0, 0.05) is 12.1 Å². The molecule has 0 spiro atoms. The topological polar surface area (TPSA) is 57.8 Å². The van der Waals surface area contributed by atoms with Crippen LogP contribution in [-0.4, -0.2) is 15.9 Å². The highest BCUT2D eigenvalue weighted by Gasteiger charge is 2.13. The Morgan fingerprint density at radius 2 is 1.96 bits per heavy atom. The molecule has 1 fully saturated rings. The summed E-state index contributed by atoms with van der Waals surface area (Å²) in [5.74, 6) is 0.973. The van der Waals surface area contributed by atoms with Crippen LogP contribution in [0.3, 0.4) is 0 Å². The molecule has 4 nitrogen and oxygen atoms in total. The quantitative estimate of drug-likeness (QED) is 0.807. The lowest BCUT2D eigenvalue weighted by atomic mass is 9.86. The van der Waals surface area contributed by atoms with Crippen LogP contribution >= 0.6 is 0 Å². The van der Waals surface area contributed by atoms with E-state index < -0.39 is 0 Å². The molecule has 3 rings (SSSR count). The number of nitrogens with one attached hydrogen (secondary N) is 2. The summed E-state index contributed by atoms with van der Waals surface area (Å²) in [4.78, 5) is 19.1. The van der Waals surface area contributed by atoms with Crippen molar-refractivity contribution in [2.75, 3.05) is 5.32 Å². The van der Waals surface area contributed by atoms with E-state index in [1.54, 1.807) is 12.5 Å². The predicted octanol–water partition coefficient (Wildman–Crippen LogP) is 4.77. The van der Waals surface area contributed by atoms with E-state index in [9.17, 15) is 4.79 Å². The Kier molecular flexibility index (Phi) is 5.46. The van der Waals surface area contributed by atoms with Crippen molar-refractivity contribution in [3.63, 3.8) is 0 Å². The van der Waals surface area contributed by atoms with Gasteiger partial charge in [0.1, 0.15) is 0 Å². The van der Waals surface area contributed by atoms with Gasteiger partial charge in [-0.3, -0.25) is 4.79 Å². The van der Waals surface area contributed by atoms with Gasteiger partial charge in [-0.05, 0) is 36.5 Å². The third-order valence-corrected chi connectivity index (χ3v) is 4.72. The van der Waals surface area contributed by atoms with Crippen molar-refractivity contribution in [1.29, 1.82) is 0 Å². The van der Waals surface area contributed by atoms with Crippen LogP contribution in [0.1, 0.15) is 51.4 Å². The van der Waals surface area contributed by atoms with Crippen molar-refractivity contribution in [2.24, 2.45) is 5.92 Å². The highest BCUT2D eigenvalue weighted by atomic mass is 16.1. The number of imidazole rings is 1. The average Bonchev–Trinajstić information content (AvgIpc) is 3.11. The van der Waals surface area contributed by atoms with Gasteiger partial charge >= 0.3 is 0 Å². The van der Waals surface area contributed by atoms with E-state index in [0.29, 0.717) is 6.42 Å². The summed E-state index contributed by atoms with van der Waals surface area (Å²) in [5, 5.41) is 2.99. The van der Waals surface area contributed by atoms with E-state index >= 15 is 0 Å². The summed E-state index contributed by atoms with van der Waals surface area (Å²) in [6.45, 7) is 0. The minimum atomic E-state index is 0.120. The van der Waals surface area contributed by atoms with Crippen LogP contribution in [0.25, 0.3) is 11.3 Å². The Bertz CT molecular complexity index is 598. The molecule has 0 atom stereocenters. The summed E-state index contributed by atoms with van der Waals surface area (Å²) in [5.41, 5.74) is 2.91. The fourth-order valence-electron chi connectivity index (χ4n) is 3.40. The van der Waals surface area contributed by atoms with E-state index in [2.05, 4.69) is 15.3 Å². The number of anilines is 1. The molecule has 122 valence electrons. The van der Waals surface area contributed by atoms with Crippen molar-refractivity contribution < 1.29 is 4.79 Å². The predicted molar refractivity (Wildman–Crippen MR) is 93.1 cm³/mol. The molecule has 1 aromatic heterocycles. The Morgan fingerprint density at radius 3 is 2.65 bits per heavy atom. The molecular weight excluding hydrogens is 286 g/mol. The highest BCUT2D eigenvalue weighted by molar-refractivity contribution is 5.90. The molecule has 1 amide bonds. The number of carbonyl (C=O) groups excluding carboxylic acids is 1. The molecular formula is C19H25N3O. The van der Waals surface area contributed by atoms with Gasteiger partial charge in [-0.2, -0.15) is 0 Å². The van der Waals surface area contributed by atoms with Crippen molar-refractivity contribution in [3.05, 3.63) is 36.8 Å². The van der Waals surface area contributed by atoms with Gasteiger partial charge in [0.2, 0.25) is 5.91 Å². The first-order valence-electron chi connectivity index (χ1n) is 8.70. The zero-order valence-corrected chi connectivity index (χ0v) is 13.6. The van der Waals surface area contributed by atoms with Crippen molar-refractivity contribution in [3.8, 4) is 11.3 Å². The number of amides is 1. The van der Waals surface area contributed by atoms with Gasteiger partial charge in [0.15, 0.2) is 0 Å². The van der Waals surface area contributed by atoms with Crippen LogP contribution in [0.5, 0.6) is 0 Å². The molecule has 2 N–H and O–H groups in total. The van der Waals surface area contributed by atoms with Crippen LogP contribution in [0.4, 0.5) is 5.69 Å². The fourth-order valence-corrected chi connectivity index (χ4v) is 3.40. The van der Waals surface area contributed by atoms with Crippen molar-refractivity contribution in [1.82, 2.24) is 9.97 Å². The van der Waals surface area contributed by atoms with E-state index in [0.717, 1.165) is 29.3 Å². The molecule has 0 radical (unpaired) electrons. The number of carbonyl (C=O) groups is 1. The lowest BCUT2D eigenvalue weighted by Gasteiger charge is -2.21. The molecule has 1 saturated carbocycles. The third kappa shape index (κ3) is 4.68. The first-order valence-corrected chi connectivity index (χ1v) is 8.70. The van der Waals surface area contributed by atoms with E-state index in [1.165, 1.54) is 38.5 Å². The molecule has 1 aromatic carbocycles. The SMILES string of the molecule is O=C(CCCC1CCCCC1)Nc1ccc(-c2cnc[nH]2)cc1. The number of hydrogen-bond donors (Lipinski definition) is 2. The Labute approximate surface area is 137 Å². The second-order valence-electron chi connectivity index (χ2n) is 6.49. The van der Waals surface area contributed by atoms with Gasteiger partial charge in [-0.1, -0.05) is 44.2 Å². The Balaban J connectivity index is 1.42. The van der Waals surface area contributed by atoms with E-state index in [4.69, 9.17) is 0 Å². The minimum absolute atomic E-state index is 0.120. The van der Waals surface area contributed by atoms with E-state index in [1.807, 2.05) is 24.3 Å². The zero-order chi connectivity index (χ0) is 15.9. The number of aromatic amines is 1. The van der Waals surface area contributed by atoms with Crippen LogP contribution in [0.15, 0.2) is 36.8 Å².